The van der Waals surface area contributed by atoms with Gasteiger partial charge >= 0.3 is 0 Å². The van der Waals surface area contributed by atoms with E-state index in [4.69, 9.17) is 25.2 Å². The Kier molecular flexibility index (Phi) is 7.39. The maximum Gasteiger partial charge on any atom is 0.162 e. The molecule has 2 aliphatic rings. The topological polar surface area (TPSA) is 92.5 Å². The van der Waals surface area contributed by atoms with E-state index in [0.29, 0.717) is 5.92 Å². The van der Waals surface area contributed by atoms with Crippen LogP contribution in [0.5, 0.6) is 0 Å². The van der Waals surface area contributed by atoms with Crippen LogP contribution >= 0.6 is 11.3 Å². The van der Waals surface area contributed by atoms with Crippen LogP contribution in [0, 0.1) is 5.92 Å². The monoisotopic (exact) mass is 520 g/mol. The van der Waals surface area contributed by atoms with E-state index in [1.165, 1.54) is 9.58 Å². The van der Waals surface area contributed by atoms with E-state index in [0.717, 1.165) is 105 Å². The lowest BCUT2D eigenvalue weighted by atomic mass is 9.88. The number of methoxy groups -OCH3 is 1. The quantitative estimate of drug-likeness (QED) is 0.359. The Hall–Kier alpha value is -2.56. The van der Waals surface area contributed by atoms with Crippen LogP contribution < -0.4 is 10.6 Å². The van der Waals surface area contributed by atoms with E-state index in [1.54, 1.807) is 7.11 Å². The normalized spacial score (nSPS) is 18.7. The molecule has 0 radical (unpaired) electrons. The molecule has 37 heavy (non-hydrogen) atoms. The first-order valence-electron chi connectivity index (χ1n) is 13.4. The van der Waals surface area contributed by atoms with Crippen molar-refractivity contribution in [1.82, 2.24) is 19.9 Å². The van der Waals surface area contributed by atoms with Crippen LogP contribution in [0.2, 0.25) is 0 Å². The van der Waals surface area contributed by atoms with Crippen molar-refractivity contribution in [3.63, 3.8) is 0 Å². The summed E-state index contributed by atoms with van der Waals surface area (Å²) >= 11 is 1.84. The maximum absolute atomic E-state index is 6.43. The van der Waals surface area contributed by atoms with Crippen LogP contribution in [0.3, 0.4) is 0 Å². The van der Waals surface area contributed by atoms with Gasteiger partial charge < -0.3 is 25.1 Å². The molecule has 6 rings (SSSR count). The lowest BCUT2D eigenvalue weighted by molar-refractivity contribution is 0.122. The Labute approximate surface area is 221 Å². The van der Waals surface area contributed by atoms with E-state index in [-0.39, 0.29) is 6.04 Å². The molecule has 4 aromatic rings. The minimum atomic E-state index is 0.237. The summed E-state index contributed by atoms with van der Waals surface area (Å²) in [5.74, 6) is 2.41. The highest BCUT2D eigenvalue weighted by molar-refractivity contribution is 7.19. The number of hydrogen-bond acceptors (Lipinski definition) is 8. The van der Waals surface area contributed by atoms with Crippen molar-refractivity contribution in [1.29, 1.82) is 0 Å². The van der Waals surface area contributed by atoms with Crippen LogP contribution in [0.1, 0.15) is 24.1 Å². The molecule has 2 saturated heterocycles. The molecule has 3 N–H and O–H groups in total. The van der Waals surface area contributed by atoms with E-state index >= 15 is 0 Å². The summed E-state index contributed by atoms with van der Waals surface area (Å²) in [7, 11) is 1.75. The van der Waals surface area contributed by atoms with E-state index in [2.05, 4.69) is 45.1 Å². The number of piperidine rings is 1. The maximum atomic E-state index is 6.43. The highest BCUT2D eigenvalue weighted by atomic mass is 32.1. The highest BCUT2D eigenvalue weighted by Gasteiger charge is 2.25. The first kappa shape index (κ1) is 24.8. The van der Waals surface area contributed by atoms with Crippen molar-refractivity contribution in [2.45, 2.75) is 31.8 Å². The van der Waals surface area contributed by atoms with Crippen molar-refractivity contribution in [2.75, 3.05) is 58.0 Å². The predicted molar refractivity (Wildman–Crippen MR) is 150 cm³/mol. The van der Waals surface area contributed by atoms with Gasteiger partial charge in [0.1, 0.15) is 0 Å². The summed E-state index contributed by atoms with van der Waals surface area (Å²) in [4.78, 5) is 19.8. The van der Waals surface area contributed by atoms with Gasteiger partial charge in [-0.2, -0.15) is 0 Å². The number of aromatic nitrogens is 3. The molecular weight excluding hydrogens is 484 g/mol. The van der Waals surface area contributed by atoms with Gasteiger partial charge in [0.25, 0.3) is 0 Å². The zero-order valence-corrected chi connectivity index (χ0v) is 22.3. The molecule has 0 aliphatic carbocycles. The highest BCUT2D eigenvalue weighted by Crippen LogP contribution is 2.37. The number of nitrogens with two attached hydrogens (primary N) is 1. The number of thiophene rings is 1. The molecule has 5 heterocycles. The Bertz CT molecular complexity index is 1340. The van der Waals surface area contributed by atoms with Gasteiger partial charge in [-0.1, -0.05) is 12.1 Å². The number of anilines is 1. The number of benzene rings is 1. The Morgan fingerprint density at radius 3 is 2.81 bits per heavy atom. The number of hydrogen-bond donors (Lipinski definition) is 2. The summed E-state index contributed by atoms with van der Waals surface area (Å²) < 4.78 is 12.0. The Balaban J connectivity index is 1.27. The third kappa shape index (κ3) is 5.24. The summed E-state index contributed by atoms with van der Waals surface area (Å²) in [6, 6.07) is 10.9. The number of aromatic amines is 1. The fourth-order valence-corrected chi connectivity index (χ4v) is 6.84. The van der Waals surface area contributed by atoms with Gasteiger partial charge in [-0.25, -0.2) is 9.97 Å². The molecule has 0 spiro atoms. The molecule has 1 aromatic carbocycles. The van der Waals surface area contributed by atoms with Gasteiger partial charge in [-0.3, -0.25) is 4.90 Å². The number of H-pyrrole nitrogens is 1. The molecule has 0 saturated carbocycles. The van der Waals surface area contributed by atoms with Crippen molar-refractivity contribution >= 4 is 38.3 Å². The minimum absolute atomic E-state index is 0.237. The first-order chi connectivity index (χ1) is 18.2. The second-order valence-electron chi connectivity index (χ2n) is 10.2. The lowest BCUT2D eigenvalue weighted by Gasteiger charge is -2.34. The first-order valence-corrected chi connectivity index (χ1v) is 14.2. The average molecular weight is 521 g/mol. The summed E-state index contributed by atoms with van der Waals surface area (Å²) in [6.07, 6.45) is 5.23. The van der Waals surface area contributed by atoms with Crippen LogP contribution in [0.25, 0.3) is 32.5 Å². The number of rotatable bonds is 8. The molecule has 9 heteroatoms. The predicted octanol–water partition coefficient (Wildman–Crippen LogP) is 4.25. The van der Waals surface area contributed by atoms with Crippen molar-refractivity contribution in [2.24, 2.45) is 11.7 Å². The van der Waals surface area contributed by atoms with Gasteiger partial charge in [-0.05, 0) is 56.5 Å². The van der Waals surface area contributed by atoms with E-state index in [9.17, 15) is 0 Å². The van der Waals surface area contributed by atoms with E-state index in [1.807, 2.05) is 17.5 Å². The van der Waals surface area contributed by atoms with Crippen molar-refractivity contribution in [3.05, 3.63) is 41.4 Å². The van der Waals surface area contributed by atoms with Crippen LogP contribution in [-0.4, -0.2) is 79.0 Å². The third-order valence-corrected chi connectivity index (χ3v) is 8.93. The average Bonchev–Trinajstić information content (AvgIpc) is 3.58. The fourth-order valence-electron chi connectivity index (χ4n) is 5.68. The molecule has 1 unspecified atom stereocenters. The minimum Gasteiger partial charge on any atom is -0.385 e. The van der Waals surface area contributed by atoms with Crippen LogP contribution in [-0.2, 0) is 16.0 Å². The van der Waals surface area contributed by atoms with Gasteiger partial charge in [0.05, 0.1) is 23.4 Å². The Morgan fingerprint density at radius 1 is 1.16 bits per heavy atom. The smallest absolute Gasteiger partial charge is 0.162 e. The molecule has 8 nitrogen and oxygen atoms in total. The number of likely N-dealkylation sites (tertiary alicyclic amines) is 1. The van der Waals surface area contributed by atoms with Gasteiger partial charge in [0.2, 0.25) is 0 Å². The largest absolute Gasteiger partial charge is 0.385 e. The SMILES string of the molecule is COCCC(N)C1CCN(Cc2cc3nc(-c4cccc5[nH]ccc45)nc(N4CCOCC4)c3s2)CC1. The number of fused-ring (bicyclic) bond motifs is 2. The molecule has 1 atom stereocenters. The molecule has 196 valence electrons. The number of morpholine rings is 1. The molecule has 0 amide bonds. The zero-order chi connectivity index (χ0) is 25.2. The lowest BCUT2D eigenvalue weighted by Crippen LogP contribution is -2.41. The van der Waals surface area contributed by atoms with Crippen molar-refractivity contribution < 1.29 is 9.47 Å². The van der Waals surface area contributed by atoms with Gasteiger partial charge in [0.15, 0.2) is 11.6 Å². The summed E-state index contributed by atoms with van der Waals surface area (Å²) in [6.45, 7) is 7.03. The summed E-state index contributed by atoms with van der Waals surface area (Å²) in [5.41, 5.74) is 9.64. The Morgan fingerprint density at radius 2 is 2.00 bits per heavy atom. The van der Waals surface area contributed by atoms with Gasteiger partial charge in [-0.15, -0.1) is 11.3 Å². The second-order valence-corrected chi connectivity index (χ2v) is 11.3. The molecular formula is C28H36N6O2S. The van der Waals surface area contributed by atoms with Crippen LogP contribution in [0.4, 0.5) is 5.82 Å². The second kappa shape index (κ2) is 11.0. The number of ether oxygens (including phenoxy) is 2. The third-order valence-electron chi connectivity index (χ3n) is 7.82. The summed E-state index contributed by atoms with van der Waals surface area (Å²) in [5, 5.41) is 1.15. The number of nitrogens with one attached hydrogen (secondary N) is 1. The van der Waals surface area contributed by atoms with Crippen molar-refractivity contribution in [3.8, 4) is 11.4 Å². The van der Waals surface area contributed by atoms with Gasteiger partial charge in [0, 0.05) is 66.9 Å². The molecule has 2 aliphatic heterocycles. The van der Waals surface area contributed by atoms with E-state index < -0.39 is 0 Å². The molecule has 2 fully saturated rings. The van der Waals surface area contributed by atoms with Crippen LogP contribution in [0.15, 0.2) is 36.5 Å². The fraction of sp³-hybridized carbons (Fsp3) is 0.500. The number of nitrogens with zero attached hydrogens (tertiary/aromatic N) is 4. The molecule has 0 bridgehead atoms. The zero-order valence-electron chi connectivity index (χ0n) is 21.5. The standard InChI is InChI=1S/C28H36N6O2S/c1-35-14-8-23(29)19-6-10-33(11-7-19)18-20-17-25-26(37-20)28(34-12-15-36-16-13-34)32-27(31-25)22-3-2-4-24-21(22)5-9-30-24/h2-5,9,17,19,23,30H,6-8,10-16,18,29H2,1H3. The molecule has 3 aromatic heterocycles.